The first-order valence-electron chi connectivity index (χ1n) is 10.6. The highest BCUT2D eigenvalue weighted by Crippen LogP contribution is 2.27. The zero-order valence-electron chi connectivity index (χ0n) is 18.2. The van der Waals surface area contributed by atoms with E-state index >= 15 is 0 Å². The van der Waals surface area contributed by atoms with Crippen LogP contribution in [0.3, 0.4) is 0 Å². The lowest BCUT2D eigenvalue weighted by Gasteiger charge is -2.11. The molecule has 0 aliphatic heterocycles. The van der Waals surface area contributed by atoms with Gasteiger partial charge in [-0.2, -0.15) is 9.78 Å². The van der Waals surface area contributed by atoms with E-state index < -0.39 is 0 Å². The molecule has 0 fully saturated rings. The molecule has 1 aromatic heterocycles. The summed E-state index contributed by atoms with van der Waals surface area (Å²) in [5.41, 5.74) is 2.22. The monoisotopic (exact) mass is 531 g/mol. The third-order valence-electron chi connectivity index (χ3n) is 5.51. The summed E-state index contributed by atoms with van der Waals surface area (Å²) in [5, 5.41) is 7.64. The van der Waals surface area contributed by atoms with Gasteiger partial charge in [-0.1, -0.05) is 70.0 Å². The Bertz CT molecular complexity index is 1620. The number of hydrogen-bond acceptors (Lipinski definition) is 4. The van der Waals surface area contributed by atoms with Crippen LogP contribution in [0.5, 0.6) is 5.75 Å². The number of benzene rings is 4. The molecule has 7 heteroatoms. The minimum Gasteiger partial charge on any atom is -0.487 e. The van der Waals surface area contributed by atoms with Gasteiger partial charge >= 0.3 is 0 Å². The summed E-state index contributed by atoms with van der Waals surface area (Å²) in [7, 11) is 0. The molecular weight excluding hydrogens is 514 g/mol. The molecule has 168 valence electrons. The van der Waals surface area contributed by atoms with Gasteiger partial charge in [0.25, 0.3) is 5.56 Å². The summed E-state index contributed by atoms with van der Waals surface area (Å²) < 4.78 is 8.09. The van der Waals surface area contributed by atoms with E-state index in [0.29, 0.717) is 34.1 Å². The van der Waals surface area contributed by atoms with Crippen molar-refractivity contribution >= 4 is 55.4 Å². The van der Waals surface area contributed by atoms with Crippen molar-refractivity contribution in [3.63, 3.8) is 0 Å². The molecule has 0 saturated heterocycles. The maximum Gasteiger partial charge on any atom is 0.282 e. The molecule has 5 aromatic rings. The fourth-order valence-corrected chi connectivity index (χ4v) is 4.41. The van der Waals surface area contributed by atoms with Crippen LogP contribution < -0.4 is 10.3 Å². The summed E-state index contributed by atoms with van der Waals surface area (Å²) in [6.07, 6.45) is 1.58. The standard InChI is InChI=1S/C27H19BrClN3O2/c1-17-31-25-11-10-21(28)14-23(25)27(33)32(17)30-15-18-9-12-26(24(29)13-18)34-16-20-7-4-6-19-5-2-3-8-22(19)20/h2-15H,16H2,1H3. The first kappa shape index (κ1) is 22.3. The summed E-state index contributed by atoms with van der Waals surface area (Å²) in [5.74, 6) is 1.08. The predicted molar refractivity (Wildman–Crippen MR) is 141 cm³/mol. The van der Waals surface area contributed by atoms with Crippen LogP contribution in [0.1, 0.15) is 17.0 Å². The maximum absolute atomic E-state index is 12.9. The first-order valence-corrected chi connectivity index (χ1v) is 11.8. The average Bonchev–Trinajstić information content (AvgIpc) is 2.84. The van der Waals surface area contributed by atoms with Gasteiger partial charge in [-0.25, -0.2) is 4.98 Å². The van der Waals surface area contributed by atoms with Crippen molar-refractivity contribution in [2.24, 2.45) is 5.10 Å². The Hall–Kier alpha value is -3.48. The van der Waals surface area contributed by atoms with Crippen LogP contribution in [0.4, 0.5) is 0 Å². The molecule has 5 nitrogen and oxygen atoms in total. The molecule has 0 unspecified atom stereocenters. The van der Waals surface area contributed by atoms with E-state index in [0.717, 1.165) is 21.0 Å². The van der Waals surface area contributed by atoms with E-state index in [9.17, 15) is 4.79 Å². The summed E-state index contributed by atoms with van der Waals surface area (Å²) in [4.78, 5) is 17.4. The van der Waals surface area contributed by atoms with Crippen LogP contribution in [0.15, 0.2) is 93.2 Å². The molecule has 0 bridgehead atoms. The van der Waals surface area contributed by atoms with Crippen molar-refractivity contribution in [2.45, 2.75) is 13.5 Å². The van der Waals surface area contributed by atoms with Crippen LogP contribution in [-0.4, -0.2) is 15.9 Å². The SMILES string of the molecule is Cc1nc2ccc(Br)cc2c(=O)n1N=Cc1ccc(OCc2cccc3ccccc23)c(Cl)c1. The molecule has 0 aliphatic rings. The molecule has 0 saturated carbocycles. The van der Waals surface area contributed by atoms with Gasteiger partial charge in [0, 0.05) is 4.47 Å². The average molecular weight is 533 g/mol. The molecule has 0 atom stereocenters. The van der Waals surface area contributed by atoms with Gasteiger partial charge in [0.2, 0.25) is 0 Å². The van der Waals surface area contributed by atoms with Crippen molar-refractivity contribution in [1.82, 2.24) is 9.66 Å². The Balaban J connectivity index is 1.37. The van der Waals surface area contributed by atoms with E-state index in [-0.39, 0.29) is 5.56 Å². The van der Waals surface area contributed by atoms with E-state index in [2.05, 4.69) is 44.2 Å². The van der Waals surface area contributed by atoms with Crippen molar-refractivity contribution in [2.75, 3.05) is 0 Å². The number of ether oxygens (including phenoxy) is 1. The molecule has 5 rings (SSSR count). The zero-order chi connectivity index (χ0) is 23.7. The fraction of sp³-hybridized carbons (Fsp3) is 0.0741. The first-order chi connectivity index (χ1) is 16.5. The van der Waals surface area contributed by atoms with Gasteiger partial charge < -0.3 is 4.74 Å². The quantitative estimate of drug-likeness (QED) is 0.236. The molecular formula is C27H19BrClN3O2. The molecule has 0 spiro atoms. The zero-order valence-corrected chi connectivity index (χ0v) is 20.5. The lowest BCUT2D eigenvalue weighted by atomic mass is 10.1. The second-order valence-corrected chi connectivity index (χ2v) is 9.12. The van der Waals surface area contributed by atoms with E-state index in [1.165, 1.54) is 10.1 Å². The van der Waals surface area contributed by atoms with E-state index in [4.69, 9.17) is 16.3 Å². The number of aryl methyl sites for hydroxylation is 1. The normalized spacial score (nSPS) is 11.5. The summed E-state index contributed by atoms with van der Waals surface area (Å²) >= 11 is 9.88. The van der Waals surface area contributed by atoms with Gasteiger partial charge in [-0.15, -0.1) is 0 Å². The van der Waals surface area contributed by atoms with Crippen molar-refractivity contribution < 1.29 is 4.74 Å². The number of hydrogen-bond donors (Lipinski definition) is 0. The van der Waals surface area contributed by atoms with Crippen LogP contribution in [0.25, 0.3) is 21.7 Å². The van der Waals surface area contributed by atoms with Gasteiger partial charge in [-0.05, 0) is 65.2 Å². The summed E-state index contributed by atoms with van der Waals surface area (Å²) in [6.45, 7) is 2.15. The Morgan fingerprint density at radius 2 is 1.85 bits per heavy atom. The lowest BCUT2D eigenvalue weighted by molar-refractivity contribution is 0.308. The Morgan fingerprint density at radius 1 is 1.03 bits per heavy atom. The second kappa shape index (κ2) is 9.41. The van der Waals surface area contributed by atoms with Crippen molar-refractivity contribution in [3.05, 3.63) is 116 Å². The Morgan fingerprint density at radius 3 is 2.71 bits per heavy atom. The maximum atomic E-state index is 12.9. The number of aromatic nitrogens is 2. The highest BCUT2D eigenvalue weighted by Gasteiger charge is 2.09. The van der Waals surface area contributed by atoms with Gasteiger partial charge in [0.1, 0.15) is 18.2 Å². The predicted octanol–water partition coefficient (Wildman–Crippen LogP) is 6.74. The third-order valence-corrected chi connectivity index (χ3v) is 6.30. The fourth-order valence-electron chi connectivity index (χ4n) is 3.81. The van der Waals surface area contributed by atoms with Crippen LogP contribution >= 0.6 is 27.5 Å². The van der Waals surface area contributed by atoms with Crippen molar-refractivity contribution in [3.8, 4) is 5.75 Å². The highest BCUT2D eigenvalue weighted by molar-refractivity contribution is 9.10. The molecule has 1 heterocycles. The third kappa shape index (κ3) is 4.47. The Labute approximate surface area is 209 Å². The van der Waals surface area contributed by atoms with Gasteiger partial charge in [-0.3, -0.25) is 4.79 Å². The highest BCUT2D eigenvalue weighted by atomic mass is 79.9. The minimum absolute atomic E-state index is 0.235. The van der Waals surface area contributed by atoms with Gasteiger partial charge in [0.15, 0.2) is 0 Å². The van der Waals surface area contributed by atoms with Crippen molar-refractivity contribution in [1.29, 1.82) is 0 Å². The van der Waals surface area contributed by atoms with Crippen LogP contribution in [0, 0.1) is 6.92 Å². The lowest BCUT2D eigenvalue weighted by Crippen LogP contribution is -2.20. The second-order valence-electron chi connectivity index (χ2n) is 7.80. The number of fused-ring (bicyclic) bond motifs is 2. The molecule has 0 radical (unpaired) electrons. The van der Waals surface area contributed by atoms with Crippen LogP contribution in [0.2, 0.25) is 5.02 Å². The number of rotatable bonds is 5. The van der Waals surface area contributed by atoms with Gasteiger partial charge in [0.05, 0.1) is 22.1 Å². The van der Waals surface area contributed by atoms with Crippen LogP contribution in [-0.2, 0) is 6.61 Å². The molecule has 0 aliphatic carbocycles. The topological polar surface area (TPSA) is 56.5 Å². The summed E-state index contributed by atoms with van der Waals surface area (Å²) in [6, 6.07) is 25.2. The smallest absolute Gasteiger partial charge is 0.282 e. The van der Waals surface area contributed by atoms with E-state index in [1.54, 1.807) is 37.4 Å². The Kier molecular flexibility index (Phi) is 6.18. The largest absolute Gasteiger partial charge is 0.487 e. The molecule has 0 N–H and O–H groups in total. The molecule has 4 aromatic carbocycles. The van der Waals surface area contributed by atoms with E-state index in [1.807, 2.05) is 36.4 Å². The number of nitrogens with zero attached hydrogens (tertiary/aromatic N) is 3. The molecule has 34 heavy (non-hydrogen) atoms. The minimum atomic E-state index is -0.235. The number of halogens is 2. The molecule has 0 amide bonds.